The van der Waals surface area contributed by atoms with Crippen LogP contribution >= 0.6 is 62.3 Å². The molecule has 0 aliphatic rings. The maximum atomic E-state index is 13.2. The van der Waals surface area contributed by atoms with Gasteiger partial charge in [0, 0.05) is 9.50 Å². The Morgan fingerprint density at radius 3 is 2.06 bits per heavy atom. The van der Waals surface area contributed by atoms with Gasteiger partial charge in [-0.05, 0) is 48.5 Å². The molecule has 3 rings (SSSR count). The average Bonchev–Trinajstić information content (AvgIpc) is 2.68. The molecule has 31 heavy (non-hydrogen) atoms. The largest absolute Gasteiger partial charge is 0.335 e. The highest BCUT2D eigenvalue weighted by atomic mass is 79.9. The number of hydrogen-bond donors (Lipinski definition) is 1. The van der Waals surface area contributed by atoms with E-state index in [-0.39, 0.29) is 31.9 Å². The molecule has 0 atom stereocenters. The van der Waals surface area contributed by atoms with E-state index in [0.717, 1.165) is 4.90 Å². The molecule has 0 fully saturated rings. The summed E-state index contributed by atoms with van der Waals surface area (Å²) in [5.41, 5.74) is 0.121. The monoisotopic (exact) mass is 558 g/mol. The van der Waals surface area contributed by atoms with Crippen LogP contribution in [0.25, 0.3) is 0 Å². The van der Waals surface area contributed by atoms with Crippen LogP contribution in [-0.2, 0) is 0 Å². The highest BCUT2D eigenvalue weighted by Gasteiger charge is 2.29. The van der Waals surface area contributed by atoms with Crippen LogP contribution in [-0.4, -0.2) is 17.8 Å². The summed E-state index contributed by atoms with van der Waals surface area (Å²) in [7, 11) is 0. The summed E-state index contributed by atoms with van der Waals surface area (Å²) in [6.45, 7) is 0. The fourth-order valence-corrected chi connectivity index (χ4v) is 4.10. The van der Waals surface area contributed by atoms with Gasteiger partial charge in [-0.25, -0.2) is 9.69 Å². The molecule has 10 heteroatoms. The predicted molar refractivity (Wildman–Crippen MR) is 127 cm³/mol. The minimum atomic E-state index is -1.02. The van der Waals surface area contributed by atoms with E-state index in [1.54, 1.807) is 18.2 Å². The molecule has 5 nitrogen and oxygen atoms in total. The summed E-state index contributed by atoms with van der Waals surface area (Å²) in [6.07, 6.45) is 0. The quantitative estimate of drug-likeness (QED) is 0.366. The van der Waals surface area contributed by atoms with E-state index < -0.39 is 17.8 Å². The summed E-state index contributed by atoms with van der Waals surface area (Å²) in [6, 6.07) is 14.1. The molecule has 0 spiro atoms. The Balaban J connectivity index is 2.01. The molecule has 0 aliphatic carbocycles. The van der Waals surface area contributed by atoms with Crippen molar-refractivity contribution in [3.8, 4) is 0 Å². The maximum absolute atomic E-state index is 13.2. The normalized spacial score (nSPS) is 10.5. The van der Waals surface area contributed by atoms with Crippen LogP contribution in [0.4, 0.5) is 10.5 Å². The Labute approximate surface area is 206 Å². The summed E-state index contributed by atoms with van der Waals surface area (Å²) in [5.74, 6) is -1.63. The van der Waals surface area contributed by atoms with Gasteiger partial charge in [-0.1, -0.05) is 74.5 Å². The van der Waals surface area contributed by atoms with E-state index in [2.05, 4.69) is 21.2 Å². The number of carbonyl (C=O) groups excluding carboxylic acids is 3. The first-order valence-electron chi connectivity index (χ1n) is 8.53. The van der Waals surface area contributed by atoms with Gasteiger partial charge in [-0.3, -0.25) is 14.9 Å². The average molecular weight is 561 g/mol. The van der Waals surface area contributed by atoms with Gasteiger partial charge < -0.3 is 0 Å². The molecule has 0 saturated heterocycles. The molecule has 0 bridgehead atoms. The third kappa shape index (κ3) is 5.40. The zero-order valence-corrected chi connectivity index (χ0v) is 19.9. The number of imide groups is 2. The number of anilines is 1. The van der Waals surface area contributed by atoms with Crippen molar-refractivity contribution in [2.45, 2.75) is 0 Å². The molecular formula is C21H11BrCl4N2O3. The fraction of sp³-hybridized carbons (Fsp3) is 0. The molecule has 0 saturated carbocycles. The number of hydrogen-bond acceptors (Lipinski definition) is 3. The Hall–Kier alpha value is -2.09. The maximum Gasteiger partial charge on any atom is 0.335 e. The molecule has 4 amide bonds. The summed E-state index contributed by atoms with van der Waals surface area (Å²) < 4.78 is 0.610. The second-order valence-corrected chi connectivity index (χ2v) is 8.67. The molecule has 0 aliphatic heterocycles. The number of benzene rings is 3. The zero-order chi connectivity index (χ0) is 22.7. The van der Waals surface area contributed by atoms with Crippen LogP contribution in [0.3, 0.4) is 0 Å². The van der Waals surface area contributed by atoms with Crippen molar-refractivity contribution in [1.29, 1.82) is 0 Å². The molecule has 3 aromatic carbocycles. The van der Waals surface area contributed by atoms with Crippen LogP contribution in [0.1, 0.15) is 20.7 Å². The van der Waals surface area contributed by atoms with Crippen LogP contribution in [0.15, 0.2) is 65.1 Å². The fourth-order valence-electron chi connectivity index (χ4n) is 2.66. The van der Waals surface area contributed by atoms with E-state index in [1.165, 1.54) is 42.5 Å². The molecule has 3 aromatic rings. The lowest BCUT2D eigenvalue weighted by Crippen LogP contribution is -2.46. The van der Waals surface area contributed by atoms with Crippen LogP contribution in [0.5, 0.6) is 0 Å². The first kappa shape index (κ1) is 23.6. The predicted octanol–water partition coefficient (Wildman–Crippen LogP) is 7.26. The Morgan fingerprint density at radius 1 is 0.806 bits per heavy atom. The molecule has 0 heterocycles. The van der Waals surface area contributed by atoms with Crippen molar-refractivity contribution in [2.75, 3.05) is 4.90 Å². The summed E-state index contributed by atoms with van der Waals surface area (Å²) >= 11 is 27.5. The van der Waals surface area contributed by atoms with E-state index in [4.69, 9.17) is 46.4 Å². The molecule has 158 valence electrons. The van der Waals surface area contributed by atoms with Crippen molar-refractivity contribution in [3.05, 3.63) is 96.4 Å². The second kappa shape index (κ2) is 10.0. The van der Waals surface area contributed by atoms with Gasteiger partial charge in [0.25, 0.3) is 11.8 Å². The van der Waals surface area contributed by atoms with Crippen molar-refractivity contribution in [1.82, 2.24) is 5.32 Å². The van der Waals surface area contributed by atoms with Crippen LogP contribution in [0.2, 0.25) is 20.1 Å². The molecular weight excluding hydrogens is 550 g/mol. The molecule has 0 radical (unpaired) electrons. The third-order valence-corrected chi connectivity index (χ3v) is 5.72. The first-order valence-corrected chi connectivity index (χ1v) is 10.8. The lowest BCUT2D eigenvalue weighted by atomic mass is 10.1. The minimum Gasteiger partial charge on any atom is -0.273 e. The number of nitrogens with one attached hydrogen (secondary N) is 1. The van der Waals surface area contributed by atoms with E-state index >= 15 is 0 Å². The number of halogens is 5. The Bertz CT molecular complexity index is 1180. The van der Waals surface area contributed by atoms with Gasteiger partial charge in [0.05, 0.1) is 31.9 Å². The highest BCUT2D eigenvalue weighted by molar-refractivity contribution is 9.10. The Morgan fingerprint density at radius 2 is 1.45 bits per heavy atom. The van der Waals surface area contributed by atoms with Crippen molar-refractivity contribution >= 4 is 85.9 Å². The highest BCUT2D eigenvalue weighted by Crippen LogP contribution is 2.28. The van der Waals surface area contributed by atoms with Gasteiger partial charge in [0.1, 0.15) is 0 Å². The third-order valence-electron chi connectivity index (χ3n) is 4.04. The Kier molecular flexibility index (Phi) is 7.62. The van der Waals surface area contributed by atoms with Crippen LogP contribution in [0, 0.1) is 0 Å². The smallest absolute Gasteiger partial charge is 0.273 e. The standard InChI is InChI=1S/C21H11BrCl4N2O3/c22-11-3-1-4-13(9-11)28(20(30)14-8-7-12(23)10-17(14)26)21(31)27-19(29)18-15(24)5-2-6-16(18)25/h1-10H,(H,27,29,31). The first-order chi connectivity index (χ1) is 14.7. The number of urea groups is 1. The van der Waals surface area contributed by atoms with E-state index in [0.29, 0.717) is 9.50 Å². The van der Waals surface area contributed by atoms with E-state index in [9.17, 15) is 14.4 Å². The SMILES string of the molecule is O=C(NC(=O)N(C(=O)c1ccc(Cl)cc1Cl)c1cccc(Br)c1)c1c(Cl)cccc1Cl. The zero-order valence-electron chi connectivity index (χ0n) is 15.3. The van der Waals surface area contributed by atoms with Gasteiger partial charge in [-0.15, -0.1) is 0 Å². The second-order valence-electron chi connectivity index (χ2n) is 6.10. The van der Waals surface area contributed by atoms with Crippen molar-refractivity contribution in [2.24, 2.45) is 0 Å². The summed E-state index contributed by atoms with van der Waals surface area (Å²) in [4.78, 5) is 39.8. The number of rotatable bonds is 3. The van der Waals surface area contributed by atoms with Crippen LogP contribution < -0.4 is 10.2 Å². The van der Waals surface area contributed by atoms with Crippen molar-refractivity contribution in [3.63, 3.8) is 0 Å². The van der Waals surface area contributed by atoms with Gasteiger partial charge in [0.2, 0.25) is 0 Å². The number of carbonyl (C=O) groups is 3. The molecule has 0 unspecified atom stereocenters. The number of amides is 4. The van der Waals surface area contributed by atoms with E-state index in [1.807, 2.05) is 0 Å². The van der Waals surface area contributed by atoms with Gasteiger partial charge in [0.15, 0.2) is 0 Å². The minimum absolute atomic E-state index is 0.0180. The van der Waals surface area contributed by atoms with Gasteiger partial charge in [-0.2, -0.15) is 0 Å². The lowest BCUT2D eigenvalue weighted by molar-refractivity contribution is 0.0960. The van der Waals surface area contributed by atoms with Crippen molar-refractivity contribution < 1.29 is 14.4 Å². The number of nitrogens with zero attached hydrogens (tertiary/aromatic N) is 1. The van der Waals surface area contributed by atoms with Gasteiger partial charge >= 0.3 is 6.03 Å². The molecule has 0 aromatic heterocycles. The summed E-state index contributed by atoms with van der Waals surface area (Å²) in [5, 5.41) is 2.63. The molecule has 1 N–H and O–H groups in total. The topological polar surface area (TPSA) is 66.5 Å². The lowest BCUT2D eigenvalue weighted by Gasteiger charge is -2.22.